The van der Waals surface area contributed by atoms with Crippen LogP contribution in [-0.2, 0) is 6.42 Å². The molecule has 0 spiro atoms. The van der Waals surface area contributed by atoms with Crippen LogP contribution in [0.5, 0.6) is 0 Å². The van der Waals surface area contributed by atoms with Crippen LogP contribution >= 0.6 is 0 Å². The lowest BCUT2D eigenvalue weighted by Crippen LogP contribution is -2.54. The first-order chi connectivity index (χ1) is 9.70. The molecule has 0 radical (unpaired) electrons. The molecule has 2 rings (SSSR count). The molecule has 1 atom stereocenters. The summed E-state index contributed by atoms with van der Waals surface area (Å²) in [6.07, 6.45) is 7.81. The summed E-state index contributed by atoms with van der Waals surface area (Å²) in [5.74, 6) is 0.883. The van der Waals surface area contributed by atoms with E-state index in [2.05, 4.69) is 49.2 Å². The van der Waals surface area contributed by atoms with Crippen LogP contribution in [-0.4, -0.2) is 30.6 Å². The monoisotopic (exact) mass is 274 g/mol. The van der Waals surface area contributed by atoms with E-state index in [4.69, 9.17) is 5.73 Å². The lowest BCUT2D eigenvalue weighted by Gasteiger charge is -2.42. The number of hydrogen-bond donors (Lipinski definition) is 1. The summed E-state index contributed by atoms with van der Waals surface area (Å²) in [6, 6.07) is 10.8. The Kier molecular flexibility index (Phi) is 5.62. The van der Waals surface area contributed by atoms with Gasteiger partial charge in [-0.3, -0.25) is 4.90 Å². The van der Waals surface area contributed by atoms with Crippen molar-refractivity contribution in [2.45, 2.75) is 51.0 Å². The summed E-state index contributed by atoms with van der Waals surface area (Å²) in [6.45, 7) is 4.22. The van der Waals surface area contributed by atoms with Crippen LogP contribution in [0, 0.1) is 5.92 Å². The normalized spacial score (nSPS) is 19.4. The molecule has 2 N–H and O–H groups in total. The first-order valence-corrected chi connectivity index (χ1v) is 8.15. The maximum atomic E-state index is 6.20. The van der Waals surface area contributed by atoms with E-state index < -0.39 is 0 Å². The van der Waals surface area contributed by atoms with Crippen molar-refractivity contribution in [3.05, 3.63) is 35.9 Å². The van der Waals surface area contributed by atoms with E-state index in [0.717, 1.165) is 25.3 Å². The minimum absolute atomic E-state index is 0.115. The average molecular weight is 274 g/mol. The van der Waals surface area contributed by atoms with Crippen molar-refractivity contribution in [1.82, 2.24) is 4.90 Å². The number of benzene rings is 1. The van der Waals surface area contributed by atoms with Crippen molar-refractivity contribution in [1.29, 1.82) is 0 Å². The number of nitrogens with zero attached hydrogens (tertiary/aromatic N) is 1. The van der Waals surface area contributed by atoms with Crippen molar-refractivity contribution in [3.8, 4) is 0 Å². The second-order valence-corrected chi connectivity index (χ2v) is 6.48. The highest BCUT2D eigenvalue weighted by Gasteiger charge is 2.33. The Balaban J connectivity index is 2.06. The molecule has 0 aliphatic heterocycles. The third-order valence-electron chi connectivity index (χ3n) is 5.23. The molecule has 1 saturated carbocycles. The molecule has 2 heteroatoms. The number of rotatable bonds is 7. The zero-order valence-corrected chi connectivity index (χ0v) is 13.1. The molecule has 1 aliphatic rings. The van der Waals surface area contributed by atoms with Crippen molar-refractivity contribution < 1.29 is 0 Å². The van der Waals surface area contributed by atoms with E-state index in [1.165, 1.54) is 37.8 Å². The number of nitrogens with two attached hydrogens (primary N) is 1. The van der Waals surface area contributed by atoms with Gasteiger partial charge >= 0.3 is 0 Å². The summed E-state index contributed by atoms with van der Waals surface area (Å²) in [5, 5.41) is 0. The van der Waals surface area contributed by atoms with Crippen molar-refractivity contribution in [2.75, 3.05) is 20.1 Å². The smallest absolute Gasteiger partial charge is 0.0366 e. The molecule has 112 valence electrons. The molecule has 0 heterocycles. The highest BCUT2D eigenvalue weighted by atomic mass is 15.2. The molecule has 2 nitrogen and oxygen atoms in total. The topological polar surface area (TPSA) is 29.3 Å². The van der Waals surface area contributed by atoms with Crippen molar-refractivity contribution in [3.63, 3.8) is 0 Å². The zero-order valence-electron chi connectivity index (χ0n) is 13.1. The fourth-order valence-corrected chi connectivity index (χ4v) is 3.65. The molecule has 0 aromatic heterocycles. The summed E-state index contributed by atoms with van der Waals surface area (Å²) in [5.41, 5.74) is 7.72. The van der Waals surface area contributed by atoms with Crippen LogP contribution in [0.25, 0.3) is 0 Å². The summed E-state index contributed by atoms with van der Waals surface area (Å²) >= 11 is 0. The van der Waals surface area contributed by atoms with Crippen LogP contribution < -0.4 is 5.73 Å². The predicted octanol–water partition coefficient (Wildman–Crippen LogP) is 3.46. The lowest BCUT2D eigenvalue weighted by atomic mass is 9.85. The maximum absolute atomic E-state index is 6.20. The summed E-state index contributed by atoms with van der Waals surface area (Å²) in [7, 11) is 2.28. The minimum atomic E-state index is 0.115. The molecule has 1 fully saturated rings. The molecule has 1 aromatic rings. The standard InChI is InChI=1S/C18H30N2/c1-3-18(15-19,13-16-9-5-4-6-10-16)20(2)14-17-11-7-8-12-17/h4-6,9-10,17H,3,7-8,11-15,19H2,1-2H3. The highest BCUT2D eigenvalue weighted by molar-refractivity contribution is 5.18. The van der Waals surface area contributed by atoms with Gasteiger partial charge in [-0.25, -0.2) is 0 Å². The van der Waals surface area contributed by atoms with Gasteiger partial charge in [-0.15, -0.1) is 0 Å². The molecule has 0 bridgehead atoms. The number of likely N-dealkylation sites (N-methyl/N-ethyl adjacent to an activating group) is 1. The van der Waals surface area contributed by atoms with Crippen LogP contribution in [0.3, 0.4) is 0 Å². The van der Waals surface area contributed by atoms with Gasteiger partial charge in [0.2, 0.25) is 0 Å². The molecule has 0 amide bonds. The third kappa shape index (κ3) is 3.62. The SMILES string of the molecule is CCC(CN)(Cc1ccccc1)N(C)CC1CCCC1. The van der Waals surface area contributed by atoms with E-state index >= 15 is 0 Å². The van der Waals surface area contributed by atoms with Crippen LogP contribution in [0.4, 0.5) is 0 Å². The quantitative estimate of drug-likeness (QED) is 0.825. The highest BCUT2D eigenvalue weighted by Crippen LogP contribution is 2.29. The zero-order chi connectivity index (χ0) is 14.4. The largest absolute Gasteiger partial charge is 0.329 e. The van der Waals surface area contributed by atoms with Gasteiger partial charge in [0.05, 0.1) is 0 Å². The predicted molar refractivity (Wildman–Crippen MR) is 86.8 cm³/mol. The van der Waals surface area contributed by atoms with Gasteiger partial charge in [0.1, 0.15) is 0 Å². The first kappa shape index (κ1) is 15.5. The Morgan fingerprint density at radius 1 is 1.20 bits per heavy atom. The van der Waals surface area contributed by atoms with E-state index in [-0.39, 0.29) is 5.54 Å². The minimum Gasteiger partial charge on any atom is -0.329 e. The van der Waals surface area contributed by atoms with Crippen LogP contribution in [0.15, 0.2) is 30.3 Å². The average Bonchev–Trinajstić information content (AvgIpc) is 2.99. The summed E-state index contributed by atoms with van der Waals surface area (Å²) < 4.78 is 0. The van der Waals surface area contributed by atoms with Gasteiger partial charge in [0.25, 0.3) is 0 Å². The van der Waals surface area contributed by atoms with E-state index in [1.54, 1.807) is 0 Å². The fourth-order valence-electron chi connectivity index (χ4n) is 3.65. The lowest BCUT2D eigenvalue weighted by molar-refractivity contribution is 0.101. The van der Waals surface area contributed by atoms with Gasteiger partial charge in [-0.2, -0.15) is 0 Å². The Morgan fingerprint density at radius 3 is 2.40 bits per heavy atom. The van der Waals surface area contributed by atoms with Gasteiger partial charge in [0, 0.05) is 18.6 Å². The Labute approximate surface area is 124 Å². The van der Waals surface area contributed by atoms with Gasteiger partial charge in [-0.05, 0) is 44.2 Å². The third-order valence-corrected chi connectivity index (χ3v) is 5.23. The number of hydrogen-bond acceptors (Lipinski definition) is 2. The van der Waals surface area contributed by atoms with Crippen LogP contribution in [0.1, 0.15) is 44.6 Å². The second-order valence-electron chi connectivity index (χ2n) is 6.48. The van der Waals surface area contributed by atoms with E-state index in [1.807, 2.05) is 0 Å². The Hall–Kier alpha value is -0.860. The molecule has 1 unspecified atom stereocenters. The Bertz CT molecular complexity index is 378. The van der Waals surface area contributed by atoms with E-state index in [0.29, 0.717) is 0 Å². The van der Waals surface area contributed by atoms with Crippen molar-refractivity contribution in [2.24, 2.45) is 11.7 Å². The second kappa shape index (κ2) is 7.24. The van der Waals surface area contributed by atoms with Gasteiger partial charge < -0.3 is 5.73 Å². The van der Waals surface area contributed by atoms with Crippen molar-refractivity contribution >= 4 is 0 Å². The fraction of sp³-hybridized carbons (Fsp3) is 0.667. The molecular formula is C18H30N2. The maximum Gasteiger partial charge on any atom is 0.0366 e. The van der Waals surface area contributed by atoms with Crippen LogP contribution in [0.2, 0.25) is 0 Å². The Morgan fingerprint density at radius 2 is 1.85 bits per heavy atom. The summed E-state index contributed by atoms with van der Waals surface area (Å²) in [4.78, 5) is 2.55. The molecular weight excluding hydrogens is 244 g/mol. The molecule has 1 aromatic carbocycles. The first-order valence-electron chi connectivity index (χ1n) is 8.15. The molecule has 0 saturated heterocycles. The van der Waals surface area contributed by atoms with Gasteiger partial charge in [0.15, 0.2) is 0 Å². The van der Waals surface area contributed by atoms with E-state index in [9.17, 15) is 0 Å². The van der Waals surface area contributed by atoms with Gasteiger partial charge in [-0.1, -0.05) is 50.1 Å². The molecule has 1 aliphatic carbocycles. The molecule has 20 heavy (non-hydrogen) atoms.